The summed E-state index contributed by atoms with van der Waals surface area (Å²) in [6.07, 6.45) is -6.77. The highest BCUT2D eigenvalue weighted by molar-refractivity contribution is 5.65. The van der Waals surface area contributed by atoms with Crippen molar-refractivity contribution in [3.8, 4) is 0 Å². The van der Waals surface area contributed by atoms with Gasteiger partial charge in [-0.1, -0.05) is 0 Å². The fourth-order valence-electron chi connectivity index (χ4n) is 1.08. The van der Waals surface area contributed by atoms with Gasteiger partial charge >= 0.3 is 12.3 Å². The summed E-state index contributed by atoms with van der Waals surface area (Å²) >= 11 is 0. The zero-order valence-corrected chi connectivity index (χ0v) is 7.66. The number of morpholine rings is 1. The van der Waals surface area contributed by atoms with Crippen LogP contribution in [0, 0.1) is 0 Å². The molecule has 0 aromatic heterocycles. The third-order valence-electron chi connectivity index (χ3n) is 1.74. The molecule has 1 rings (SSSR count). The average Bonchev–Trinajstić information content (AvgIpc) is 2.14. The zero-order valence-electron chi connectivity index (χ0n) is 7.66. The molecule has 1 heterocycles. The summed E-state index contributed by atoms with van der Waals surface area (Å²) in [6, 6.07) is 0. The molecule has 0 bridgehead atoms. The second-order valence-corrected chi connectivity index (χ2v) is 2.96. The zero-order chi connectivity index (χ0) is 11.5. The standard InChI is InChI=1S/C7H10F3NO4/c8-7(9,10)4-15-5-3-11(6(12)13)1-2-14-5/h5H,1-4H2,(H,12,13). The van der Waals surface area contributed by atoms with Crippen LogP contribution in [0.3, 0.4) is 0 Å². The minimum absolute atomic E-state index is 0.0365. The Morgan fingerprint density at radius 3 is 2.80 bits per heavy atom. The van der Waals surface area contributed by atoms with Crippen molar-refractivity contribution in [3.05, 3.63) is 0 Å². The van der Waals surface area contributed by atoms with Crippen LogP contribution in [0.5, 0.6) is 0 Å². The minimum Gasteiger partial charge on any atom is -0.465 e. The lowest BCUT2D eigenvalue weighted by atomic mass is 10.4. The highest BCUT2D eigenvalue weighted by Gasteiger charge is 2.32. The number of alkyl halides is 3. The molecular weight excluding hydrogens is 219 g/mol. The van der Waals surface area contributed by atoms with E-state index >= 15 is 0 Å². The molecular formula is C7H10F3NO4. The van der Waals surface area contributed by atoms with Gasteiger partial charge in [0.1, 0.15) is 6.61 Å². The lowest BCUT2D eigenvalue weighted by molar-refractivity contribution is -0.240. The Labute approximate surface area is 83.4 Å². The summed E-state index contributed by atoms with van der Waals surface area (Å²) in [5.41, 5.74) is 0. The molecule has 0 aromatic carbocycles. The first-order valence-corrected chi connectivity index (χ1v) is 4.16. The van der Waals surface area contributed by atoms with Crippen molar-refractivity contribution < 1.29 is 32.5 Å². The van der Waals surface area contributed by atoms with Crippen LogP contribution in [-0.2, 0) is 9.47 Å². The van der Waals surface area contributed by atoms with Crippen LogP contribution in [0.25, 0.3) is 0 Å². The molecule has 8 heteroatoms. The molecule has 15 heavy (non-hydrogen) atoms. The van der Waals surface area contributed by atoms with Crippen LogP contribution in [0.15, 0.2) is 0 Å². The summed E-state index contributed by atoms with van der Waals surface area (Å²) < 4.78 is 44.5. The highest BCUT2D eigenvalue weighted by Crippen LogP contribution is 2.17. The van der Waals surface area contributed by atoms with Crippen molar-refractivity contribution in [2.75, 3.05) is 26.3 Å². The Balaban J connectivity index is 2.34. The number of hydrogen-bond acceptors (Lipinski definition) is 3. The Morgan fingerprint density at radius 1 is 1.60 bits per heavy atom. The van der Waals surface area contributed by atoms with Gasteiger partial charge in [-0.05, 0) is 0 Å². The fraction of sp³-hybridized carbons (Fsp3) is 0.857. The van der Waals surface area contributed by atoms with E-state index < -0.39 is 25.2 Å². The predicted molar refractivity (Wildman–Crippen MR) is 41.3 cm³/mol. The Bertz CT molecular complexity index is 233. The largest absolute Gasteiger partial charge is 0.465 e. The minimum atomic E-state index is -4.44. The molecule has 1 amide bonds. The SMILES string of the molecule is O=C(O)N1CCOC(OCC(F)(F)F)C1. The van der Waals surface area contributed by atoms with E-state index in [-0.39, 0.29) is 19.7 Å². The Morgan fingerprint density at radius 2 is 2.27 bits per heavy atom. The van der Waals surface area contributed by atoms with E-state index in [1.807, 2.05) is 0 Å². The summed E-state index contributed by atoms with van der Waals surface area (Å²) in [6.45, 7) is -1.47. The molecule has 1 unspecified atom stereocenters. The van der Waals surface area contributed by atoms with Gasteiger partial charge in [-0.2, -0.15) is 13.2 Å². The molecule has 1 aliphatic heterocycles. The maximum Gasteiger partial charge on any atom is 0.411 e. The van der Waals surface area contributed by atoms with Gasteiger partial charge in [0.25, 0.3) is 0 Å². The first-order valence-electron chi connectivity index (χ1n) is 4.16. The van der Waals surface area contributed by atoms with Gasteiger partial charge in [-0.15, -0.1) is 0 Å². The second-order valence-electron chi connectivity index (χ2n) is 2.96. The first-order chi connectivity index (χ1) is 6.88. The van der Waals surface area contributed by atoms with Gasteiger partial charge in [0.05, 0.1) is 13.2 Å². The number of carbonyl (C=O) groups is 1. The van der Waals surface area contributed by atoms with E-state index in [1.165, 1.54) is 0 Å². The van der Waals surface area contributed by atoms with Crippen molar-refractivity contribution in [2.45, 2.75) is 12.5 Å². The number of carboxylic acid groups (broad SMARTS) is 1. The molecule has 88 valence electrons. The summed E-state index contributed by atoms with van der Waals surface area (Å²) in [7, 11) is 0. The molecule has 1 aliphatic rings. The van der Waals surface area contributed by atoms with Crippen LogP contribution in [0.4, 0.5) is 18.0 Å². The first kappa shape index (κ1) is 12.1. The van der Waals surface area contributed by atoms with Crippen molar-refractivity contribution in [1.82, 2.24) is 4.90 Å². The smallest absolute Gasteiger partial charge is 0.411 e. The molecule has 1 atom stereocenters. The molecule has 1 fully saturated rings. The monoisotopic (exact) mass is 229 g/mol. The number of nitrogens with zero attached hydrogens (tertiary/aromatic N) is 1. The molecule has 0 radical (unpaired) electrons. The second kappa shape index (κ2) is 4.67. The van der Waals surface area contributed by atoms with Crippen LogP contribution in [-0.4, -0.2) is 54.9 Å². The average molecular weight is 229 g/mol. The number of hydrogen-bond donors (Lipinski definition) is 1. The van der Waals surface area contributed by atoms with Gasteiger partial charge in [0, 0.05) is 6.54 Å². The molecule has 0 aromatic rings. The summed E-state index contributed by atoms with van der Waals surface area (Å²) in [4.78, 5) is 11.4. The molecule has 1 saturated heterocycles. The van der Waals surface area contributed by atoms with Gasteiger partial charge in [-0.3, -0.25) is 0 Å². The quantitative estimate of drug-likeness (QED) is 0.764. The van der Waals surface area contributed by atoms with Gasteiger partial charge in [0.2, 0.25) is 0 Å². The highest BCUT2D eigenvalue weighted by atomic mass is 19.4. The molecule has 0 aliphatic carbocycles. The predicted octanol–water partition coefficient (Wildman–Crippen LogP) is 0.902. The van der Waals surface area contributed by atoms with E-state index in [0.29, 0.717) is 0 Å². The van der Waals surface area contributed by atoms with Crippen LogP contribution >= 0.6 is 0 Å². The lowest BCUT2D eigenvalue weighted by Gasteiger charge is -2.30. The van der Waals surface area contributed by atoms with Gasteiger partial charge in [-0.25, -0.2) is 4.79 Å². The fourth-order valence-corrected chi connectivity index (χ4v) is 1.08. The van der Waals surface area contributed by atoms with Crippen molar-refractivity contribution in [1.29, 1.82) is 0 Å². The van der Waals surface area contributed by atoms with Crippen LogP contribution in [0.2, 0.25) is 0 Å². The Hall–Kier alpha value is -1.02. The van der Waals surface area contributed by atoms with E-state index in [9.17, 15) is 18.0 Å². The number of rotatable bonds is 2. The molecule has 1 N–H and O–H groups in total. The van der Waals surface area contributed by atoms with Gasteiger partial charge in [0.15, 0.2) is 6.29 Å². The maximum absolute atomic E-state index is 11.8. The van der Waals surface area contributed by atoms with E-state index in [0.717, 1.165) is 4.90 Å². The maximum atomic E-state index is 11.8. The summed E-state index contributed by atoms with van der Waals surface area (Å²) in [5, 5.41) is 8.58. The third-order valence-corrected chi connectivity index (χ3v) is 1.74. The third kappa shape index (κ3) is 4.34. The topological polar surface area (TPSA) is 59.0 Å². The number of ether oxygens (including phenoxy) is 2. The van der Waals surface area contributed by atoms with E-state index in [2.05, 4.69) is 4.74 Å². The normalized spacial score (nSPS) is 22.9. The number of amides is 1. The van der Waals surface area contributed by atoms with E-state index in [1.54, 1.807) is 0 Å². The lowest BCUT2D eigenvalue weighted by Crippen LogP contribution is -2.46. The molecule has 0 saturated carbocycles. The van der Waals surface area contributed by atoms with Gasteiger partial charge < -0.3 is 19.5 Å². The van der Waals surface area contributed by atoms with Crippen molar-refractivity contribution in [2.24, 2.45) is 0 Å². The molecule has 5 nitrogen and oxygen atoms in total. The van der Waals surface area contributed by atoms with Crippen molar-refractivity contribution in [3.63, 3.8) is 0 Å². The van der Waals surface area contributed by atoms with Crippen LogP contribution < -0.4 is 0 Å². The number of halogens is 3. The summed E-state index contributed by atoms with van der Waals surface area (Å²) in [5.74, 6) is 0. The molecule has 0 spiro atoms. The van der Waals surface area contributed by atoms with E-state index in [4.69, 9.17) is 9.84 Å². The van der Waals surface area contributed by atoms with Crippen LogP contribution in [0.1, 0.15) is 0 Å². The Kier molecular flexibility index (Phi) is 3.75. The van der Waals surface area contributed by atoms with Crippen molar-refractivity contribution >= 4 is 6.09 Å².